The smallest absolute Gasteiger partial charge is 0.336 e. The Morgan fingerprint density at radius 1 is 1.33 bits per heavy atom. The van der Waals surface area contributed by atoms with Crippen molar-refractivity contribution in [2.24, 2.45) is 5.92 Å². The number of hydrogen-bond donors (Lipinski definition) is 1. The number of fused-ring (bicyclic) bond motifs is 2. The largest absolute Gasteiger partial charge is 0.484 e. The van der Waals surface area contributed by atoms with Crippen molar-refractivity contribution in [3.8, 4) is 5.75 Å². The van der Waals surface area contributed by atoms with E-state index in [2.05, 4.69) is 0 Å². The van der Waals surface area contributed by atoms with E-state index >= 15 is 0 Å². The number of amides is 1. The van der Waals surface area contributed by atoms with E-state index in [1.807, 2.05) is 13.0 Å². The second-order valence-electron chi connectivity index (χ2n) is 7.83. The third kappa shape index (κ3) is 3.58. The van der Waals surface area contributed by atoms with Gasteiger partial charge in [-0.3, -0.25) is 4.79 Å². The van der Waals surface area contributed by atoms with E-state index in [0.717, 1.165) is 36.6 Å². The number of aryl methyl sites for hydroxylation is 1. The average Bonchev–Trinajstić information content (AvgIpc) is 2.64. The molecule has 1 aliphatic heterocycles. The Morgan fingerprint density at radius 2 is 2.19 bits per heavy atom. The quantitative estimate of drug-likeness (QED) is 0.839. The molecule has 0 spiro atoms. The minimum absolute atomic E-state index is 0.0628. The summed E-state index contributed by atoms with van der Waals surface area (Å²) >= 11 is 0. The SMILES string of the molecule is Cc1cc(=O)oc2cc(OCC(=O)N3CC[C@@]4(O)CCCC[C@@H]4C3)ccc12. The standard InChI is InChI=1S/C21H25NO5/c1-14-10-20(24)27-18-11-16(5-6-17(14)18)26-13-19(23)22-9-8-21(25)7-3-2-4-15(21)12-22/h5-6,10-11,15,25H,2-4,7-9,12-13H2,1H3/t15-,21+/m1/s1. The highest BCUT2D eigenvalue weighted by Crippen LogP contribution is 2.39. The van der Waals surface area contributed by atoms with Crippen LogP contribution >= 0.6 is 0 Å². The van der Waals surface area contributed by atoms with Crippen molar-refractivity contribution >= 4 is 16.9 Å². The maximum absolute atomic E-state index is 12.6. The lowest BCUT2D eigenvalue weighted by molar-refractivity contribution is -0.145. The van der Waals surface area contributed by atoms with Gasteiger partial charge in [-0.25, -0.2) is 4.79 Å². The van der Waals surface area contributed by atoms with Crippen molar-refractivity contribution in [3.63, 3.8) is 0 Å². The van der Waals surface area contributed by atoms with Crippen LogP contribution in [0.2, 0.25) is 0 Å². The molecule has 1 N–H and O–H groups in total. The molecule has 2 atom stereocenters. The molecule has 1 aromatic carbocycles. The van der Waals surface area contributed by atoms with Gasteiger partial charge in [-0.1, -0.05) is 12.8 Å². The minimum atomic E-state index is -0.594. The molecular weight excluding hydrogens is 346 g/mol. The fourth-order valence-electron chi connectivity index (χ4n) is 4.43. The van der Waals surface area contributed by atoms with Gasteiger partial charge < -0.3 is 19.2 Å². The summed E-state index contributed by atoms with van der Waals surface area (Å²) in [5, 5.41) is 11.6. The van der Waals surface area contributed by atoms with E-state index in [9.17, 15) is 14.7 Å². The summed E-state index contributed by atoms with van der Waals surface area (Å²) in [6, 6.07) is 6.71. The van der Waals surface area contributed by atoms with Gasteiger partial charge in [0.2, 0.25) is 0 Å². The van der Waals surface area contributed by atoms with E-state index in [-0.39, 0.29) is 18.4 Å². The predicted molar refractivity (Wildman–Crippen MR) is 101 cm³/mol. The zero-order valence-electron chi connectivity index (χ0n) is 15.6. The van der Waals surface area contributed by atoms with Crippen molar-refractivity contribution in [2.45, 2.75) is 44.6 Å². The molecule has 27 heavy (non-hydrogen) atoms. The minimum Gasteiger partial charge on any atom is -0.484 e. The van der Waals surface area contributed by atoms with Gasteiger partial charge >= 0.3 is 5.63 Å². The normalized spacial score (nSPS) is 25.3. The van der Waals surface area contributed by atoms with E-state index in [4.69, 9.17) is 9.15 Å². The van der Waals surface area contributed by atoms with E-state index in [1.54, 1.807) is 17.0 Å². The first-order valence-corrected chi connectivity index (χ1v) is 9.62. The Morgan fingerprint density at radius 3 is 3.04 bits per heavy atom. The summed E-state index contributed by atoms with van der Waals surface area (Å²) in [5.74, 6) is 0.589. The van der Waals surface area contributed by atoms with Crippen molar-refractivity contribution in [1.29, 1.82) is 0 Å². The van der Waals surface area contributed by atoms with Gasteiger partial charge in [-0.15, -0.1) is 0 Å². The maximum Gasteiger partial charge on any atom is 0.336 e. The van der Waals surface area contributed by atoms with Crippen LogP contribution in [-0.2, 0) is 4.79 Å². The van der Waals surface area contributed by atoms with Gasteiger partial charge in [0.15, 0.2) is 6.61 Å². The molecule has 1 saturated carbocycles. The van der Waals surface area contributed by atoms with E-state index in [1.165, 1.54) is 6.07 Å². The van der Waals surface area contributed by atoms with Crippen LogP contribution in [0.15, 0.2) is 33.5 Å². The van der Waals surface area contributed by atoms with Crippen molar-refractivity contribution in [2.75, 3.05) is 19.7 Å². The van der Waals surface area contributed by atoms with Crippen LogP contribution in [0.5, 0.6) is 5.75 Å². The number of carbonyl (C=O) groups is 1. The summed E-state index contributed by atoms with van der Waals surface area (Å²) in [5.41, 5.74) is 0.303. The summed E-state index contributed by atoms with van der Waals surface area (Å²) in [4.78, 5) is 25.9. The fourth-order valence-corrected chi connectivity index (χ4v) is 4.43. The molecule has 2 heterocycles. The zero-order valence-corrected chi connectivity index (χ0v) is 15.6. The molecule has 2 aromatic rings. The molecule has 4 rings (SSSR count). The van der Waals surface area contributed by atoms with Crippen LogP contribution in [0.1, 0.15) is 37.7 Å². The van der Waals surface area contributed by atoms with Gasteiger partial charge in [0.1, 0.15) is 11.3 Å². The fraction of sp³-hybridized carbons (Fsp3) is 0.524. The van der Waals surface area contributed by atoms with Crippen molar-refractivity contribution in [3.05, 3.63) is 40.2 Å². The number of hydrogen-bond acceptors (Lipinski definition) is 5. The Labute approximate surface area is 157 Å². The second-order valence-corrected chi connectivity index (χ2v) is 7.83. The van der Waals surface area contributed by atoms with Gasteiger partial charge in [-0.2, -0.15) is 0 Å². The van der Waals surface area contributed by atoms with Crippen molar-refractivity contribution in [1.82, 2.24) is 4.90 Å². The Hall–Kier alpha value is -2.34. The van der Waals surface area contributed by atoms with Gasteiger partial charge in [0.05, 0.1) is 5.60 Å². The zero-order chi connectivity index (χ0) is 19.0. The number of likely N-dealkylation sites (tertiary alicyclic amines) is 1. The molecule has 0 bridgehead atoms. The lowest BCUT2D eigenvalue weighted by atomic mass is 9.71. The van der Waals surface area contributed by atoms with E-state index < -0.39 is 11.2 Å². The Bertz CT molecular complexity index is 920. The van der Waals surface area contributed by atoms with E-state index in [0.29, 0.717) is 30.8 Å². The number of piperidine rings is 1. The molecule has 2 fully saturated rings. The number of ether oxygens (including phenoxy) is 1. The number of aliphatic hydroxyl groups is 1. The first kappa shape index (κ1) is 18.0. The summed E-state index contributed by atoms with van der Waals surface area (Å²) in [6.45, 7) is 2.96. The Kier molecular flexibility index (Phi) is 4.68. The number of carbonyl (C=O) groups excluding carboxylic acids is 1. The van der Waals surface area contributed by atoms with Gasteiger partial charge in [-0.05, 0) is 43.9 Å². The third-order valence-electron chi connectivity index (χ3n) is 6.07. The topological polar surface area (TPSA) is 80.0 Å². The lowest BCUT2D eigenvalue weighted by Crippen LogP contribution is -2.55. The molecule has 6 nitrogen and oxygen atoms in total. The molecule has 1 amide bonds. The Balaban J connectivity index is 1.41. The second kappa shape index (κ2) is 7.00. The molecule has 0 radical (unpaired) electrons. The maximum atomic E-state index is 12.6. The van der Waals surface area contributed by atoms with Gasteiger partial charge in [0.25, 0.3) is 5.91 Å². The molecule has 1 aromatic heterocycles. The van der Waals surface area contributed by atoms with Crippen LogP contribution in [0, 0.1) is 12.8 Å². The lowest BCUT2D eigenvalue weighted by Gasteiger charge is -2.47. The molecule has 1 aliphatic carbocycles. The highest BCUT2D eigenvalue weighted by atomic mass is 16.5. The molecule has 2 aliphatic rings. The van der Waals surface area contributed by atoms with Crippen LogP contribution in [0.3, 0.4) is 0 Å². The molecular formula is C21H25NO5. The summed E-state index contributed by atoms with van der Waals surface area (Å²) in [7, 11) is 0. The van der Waals surface area contributed by atoms with Crippen LogP contribution < -0.4 is 10.4 Å². The first-order chi connectivity index (χ1) is 12.9. The molecule has 1 saturated heterocycles. The highest BCUT2D eigenvalue weighted by molar-refractivity contribution is 5.81. The average molecular weight is 371 g/mol. The highest BCUT2D eigenvalue weighted by Gasteiger charge is 2.43. The molecule has 6 heteroatoms. The molecule has 0 unspecified atom stereocenters. The number of benzene rings is 1. The molecule has 144 valence electrons. The van der Waals surface area contributed by atoms with Gasteiger partial charge in [0, 0.05) is 36.5 Å². The summed E-state index contributed by atoms with van der Waals surface area (Å²) in [6.07, 6.45) is 4.65. The predicted octanol–water partition coefficient (Wildman–Crippen LogP) is 2.63. The first-order valence-electron chi connectivity index (χ1n) is 9.62. The monoisotopic (exact) mass is 371 g/mol. The van der Waals surface area contributed by atoms with Crippen LogP contribution in [0.4, 0.5) is 0 Å². The van der Waals surface area contributed by atoms with Crippen LogP contribution in [-0.4, -0.2) is 41.2 Å². The number of rotatable bonds is 3. The van der Waals surface area contributed by atoms with Crippen LogP contribution in [0.25, 0.3) is 11.0 Å². The van der Waals surface area contributed by atoms with Crippen molar-refractivity contribution < 1.29 is 19.1 Å². The summed E-state index contributed by atoms with van der Waals surface area (Å²) < 4.78 is 10.9. The number of nitrogens with zero attached hydrogens (tertiary/aromatic N) is 1. The third-order valence-corrected chi connectivity index (χ3v) is 6.07.